The highest BCUT2D eigenvalue weighted by Crippen LogP contribution is 2.34. The normalized spacial score (nSPS) is 13.6. The number of carbonyl (C=O) groups is 2. The van der Waals surface area contributed by atoms with Crippen LogP contribution in [0.2, 0.25) is 0 Å². The van der Waals surface area contributed by atoms with Gasteiger partial charge in [-0.15, -0.1) is 11.8 Å². The fourth-order valence-electron chi connectivity index (χ4n) is 2.37. The van der Waals surface area contributed by atoms with Crippen molar-refractivity contribution in [3.63, 3.8) is 0 Å². The molecule has 0 fully saturated rings. The van der Waals surface area contributed by atoms with Crippen LogP contribution in [-0.2, 0) is 16.1 Å². The van der Waals surface area contributed by atoms with E-state index in [1.807, 2.05) is 24.3 Å². The highest BCUT2D eigenvalue weighted by atomic mass is 32.2. The molecule has 0 radical (unpaired) electrons. The first-order valence-electron chi connectivity index (χ1n) is 7.17. The van der Waals surface area contributed by atoms with Gasteiger partial charge in [0.1, 0.15) is 12.4 Å². The molecular formula is C17H15FN2O2S. The van der Waals surface area contributed by atoms with E-state index in [0.717, 1.165) is 10.6 Å². The predicted octanol–water partition coefficient (Wildman–Crippen LogP) is 2.58. The van der Waals surface area contributed by atoms with E-state index >= 15 is 0 Å². The number of benzene rings is 2. The Hall–Kier alpha value is -2.34. The number of carbonyl (C=O) groups excluding carboxylic acids is 2. The molecule has 1 N–H and O–H groups in total. The highest BCUT2D eigenvalue weighted by molar-refractivity contribution is 8.00. The van der Waals surface area contributed by atoms with Crippen LogP contribution < -0.4 is 10.2 Å². The SMILES string of the molecule is O=C(CN1C(=O)CSc2ccccc21)NCc1cccc(F)c1. The fourth-order valence-corrected chi connectivity index (χ4v) is 3.31. The van der Waals surface area contributed by atoms with Crippen molar-refractivity contribution in [2.45, 2.75) is 11.4 Å². The Morgan fingerprint density at radius 1 is 1.22 bits per heavy atom. The summed E-state index contributed by atoms with van der Waals surface area (Å²) in [4.78, 5) is 26.7. The second-order valence-electron chi connectivity index (χ2n) is 5.14. The van der Waals surface area contributed by atoms with E-state index in [0.29, 0.717) is 11.3 Å². The van der Waals surface area contributed by atoms with Gasteiger partial charge < -0.3 is 10.2 Å². The summed E-state index contributed by atoms with van der Waals surface area (Å²) in [6, 6.07) is 13.6. The van der Waals surface area contributed by atoms with Crippen LogP contribution in [0.3, 0.4) is 0 Å². The van der Waals surface area contributed by atoms with Crippen LogP contribution in [0.4, 0.5) is 10.1 Å². The van der Waals surface area contributed by atoms with Crippen molar-refractivity contribution in [2.24, 2.45) is 0 Å². The topological polar surface area (TPSA) is 49.4 Å². The number of hydrogen-bond donors (Lipinski definition) is 1. The van der Waals surface area contributed by atoms with E-state index < -0.39 is 0 Å². The molecule has 4 nitrogen and oxygen atoms in total. The van der Waals surface area contributed by atoms with Crippen molar-refractivity contribution < 1.29 is 14.0 Å². The van der Waals surface area contributed by atoms with Crippen LogP contribution in [0, 0.1) is 5.82 Å². The number of halogens is 1. The van der Waals surface area contributed by atoms with E-state index in [1.165, 1.54) is 28.8 Å². The predicted molar refractivity (Wildman–Crippen MR) is 87.8 cm³/mol. The molecule has 2 aromatic carbocycles. The van der Waals surface area contributed by atoms with E-state index in [2.05, 4.69) is 5.32 Å². The number of para-hydroxylation sites is 1. The van der Waals surface area contributed by atoms with Gasteiger partial charge in [0, 0.05) is 11.4 Å². The second-order valence-corrected chi connectivity index (χ2v) is 6.16. The Balaban J connectivity index is 1.65. The maximum atomic E-state index is 13.1. The van der Waals surface area contributed by atoms with E-state index in [9.17, 15) is 14.0 Å². The summed E-state index contributed by atoms with van der Waals surface area (Å²) >= 11 is 1.47. The summed E-state index contributed by atoms with van der Waals surface area (Å²) in [7, 11) is 0. The smallest absolute Gasteiger partial charge is 0.240 e. The minimum atomic E-state index is -0.339. The molecule has 0 atom stereocenters. The number of hydrogen-bond acceptors (Lipinski definition) is 3. The third kappa shape index (κ3) is 3.71. The number of thioether (sulfide) groups is 1. The van der Waals surface area contributed by atoms with Gasteiger partial charge in [0.05, 0.1) is 11.4 Å². The van der Waals surface area contributed by atoms with Crippen molar-refractivity contribution in [3.8, 4) is 0 Å². The minimum Gasteiger partial charge on any atom is -0.350 e. The third-order valence-corrected chi connectivity index (χ3v) is 4.54. The Morgan fingerprint density at radius 3 is 2.87 bits per heavy atom. The standard InChI is InChI=1S/C17H15FN2O2S/c18-13-5-3-4-12(8-13)9-19-16(21)10-20-14-6-1-2-7-15(14)23-11-17(20)22/h1-8H,9-11H2,(H,19,21). The lowest BCUT2D eigenvalue weighted by Crippen LogP contribution is -2.43. The first-order valence-corrected chi connectivity index (χ1v) is 8.15. The molecule has 1 aliphatic rings. The summed E-state index contributed by atoms with van der Waals surface area (Å²) in [6.45, 7) is 0.195. The fraction of sp³-hybridized carbons (Fsp3) is 0.176. The van der Waals surface area contributed by atoms with Crippen LogP contribution in [0.15, 0.2) is 53.4 Å². The monoisotopic (exact) mass is 330 g/mol. The lowest BCUT2D eigenvalue weighted by molar-refractivity contribution is -0.123. The molecule has 118 valence electrons. The number of amides is 2. The molecule has 0 aromatic heterocycles. The maximum Gasteiger partial charge on any atom is 0.240 e. The van der Waals surface area contributed by atoms with Gasteiger partial charge in [-0.05, 0) is 29.8 Å². The lowest BCUT2D eigenvalue weighted by atomic mass is 10.2. The number of anilines is 1. The van der Waals surface area contributed by atoms with Crippen molar-refractivity contribution in [1.82, 2.24) is 5.32 Å². The molecule has 0 bridgehead atoms. The summed E-state index contributed by atoms with van der Waals surface area (Å²) in [5.74, 6) is -0.374. The molecule has 2 amide bonds. The molecule has 2 aromatic rings. The first-order chi connectivity index (χ1) is 11.1. The number of rotatable bonds is 4. The number of nitrogens with zero attached hydrogens (tertiary/aromatic N) is 1. The number of nitrogens with one attached hydrogen (secondary N) is 1. The van der Waals surface area contributed by atoms with Crippen LogP contribution in [-0.4, -0.2) is 24.1 Å². The quantitative estimate of drug-likeness (QED) is 0.937. The highest BCUT2D eigenvalue weighted by Gasteiger charge is 2.25. The molecule has 0 unspecified atom stereocenters. The summed E-state index contributed by atoms with van der Waals surface area (Å²) in [5.41, 5.74) is 1.44. The van der Waals surface area contributed by atoms with Gasteiger partial charge in [-0.3, -0.25) is 9.59 Å². The van der Waals surface area contributed by atoms with Crippen LogP contribution >= 0.6 is 11.8 Å². The average molecular weight is 330 g/mol. The van der Waals surface area contributed by atoms with Gasteiger partial charge in [0.25, 0.3) is 0 Å². The first kappa shape index (κ1) is 15.6. The van der Waals surface area contributed by atoms with Gasteiger partial charge in [-0.1, -0.05) is 24.3 Å². The van der Waals surface area contributed by atoms with Gasteiger partial charge >= 0.3 is 0 Å². The molecule has 0 saturated heterocycles. The molecule has 6 heteroatoms. The Labute approximate surface area is 137 Å². The average Bonchev–Trinajstić information content (AvgIpc) is 2.56. The van der Waals surface area contributed by atoms with Crippen molar-refractivity contribution >= 4 is 29.3 Å². The summed E-state index contributed by atoms with van der Waals surface area (Å²) in [5, 5.41) is 2.72. The van der Waals surface area contributed by atoms with Gasteiger partial charge in [0.2, 0.25) is 11.8 Å². The van der Waals surface area contributed by atoms with E-state index in [1.54, 1.807) is 12.1 Å². The Bertz CT molecular complexity index is 751. The van der Waals surface area contributed by atoms with E-state index in [-0.39, 0.29) is 30.7 Å². The molecule has 0 saturated carbocycles. The molecule has 0 spiro atoms. The molecule has 1 heterocycles. The maximum absolute atomic E-state index is 13.1. The zero-order valence-corrected chi connectivity index (χ0v) is 13.1. The van der Waals surface area contributed by atoms with Crippen molar-refractivity contribution in [2.75, 3.05) is 17.2 Å². The zero-order valence-electron chi connectivity index (χ0n) is 12.3. The number of fused-ring (bicyclic) bond motifs is 1. The second kappa shape index (κ2) is 6.83. The minimum absolute atomic E-state index is 0.0360. The summed E-state index contributed by atoms with van der Waals surface area (Å²) < 4.78 is 13.1. The Kier molecular flexibility index (Phi) is 4.62. The van der Waals surface area contributed by atoms with Gasteiger partial charge in [-0.2, -0.15) is 0 Å². The zero-order chi connectivity index (χ0) is 16.2. The Morgan fingerprint density at radius 2 is 2.04 bits per heavy atom. The molecule has 3 rings (SSSR count). The molecule has 23 heavy (non-hydrogen) atoms. The van der Waals surface area contributed by atoms with Gasteiger partial charge in [0.15, 0.2) is 0 Å². The molecule has 0 aliphatic carbocycles. The van der Waals surface area contributed by atoms with Gasteiger partial charge in [-0.25, -0.2) is 4.39 Å². The van der Waals surface area contributed by atoms with Crippen molar-refractivity contribution in [1.29, 1.82) is 0 Å². The van der Waals surface area contributed by atoms with E-state index in [4.69, 9.17) is 0 Å². The molecule has 1 aliphatic heterocycles. The van der Waals surface area contributed by atoms with Crippen LogP contribution in [0.1, 0.15) is 5.56 Å². The largest absolute Gasteiger partial charge is 0.350 e. The van der Waals surface area contributed by atoms with Crippen molar-refractivity contribution in [3.05, 3.63) is 59.9 Å². The molecular weight excluding hydrogens is 315 g/mol. The third-order valence-electron chi connectivity index (χ3n) is 3.49. The van der Waals surface area contributed by atoms with Crippen LogP contribution in [0.25, 0.3) is 0 Å². The van der Waals surface area contributed by atoms with Crippen LogP contribution in [0.5, 0.6) is 0 Å². The summed E-state index contributed by atoms with van der Waals surface area (Å²) in [6.07, 6.45) is 0. The lowest BCUT2D eigenvalue weighted by Gasteiger charge is -2.28.